The Morgan fingerprint density at radius 3 is 2.58 bits per heavy atom. The summed E-state index contributed by atoms with van der Waals surface area (Å²) < 4.78 is 0. The van der Waals surface area contributed by atoms with Gasteiger partial charge in [-0.25, -0.2) is 9.97 Å². The van der Waals surface area contributed by atoms with Crippen molar-refractivity contribution in [2.45, 2.75) is 51.9 Å². The summed E-state index contributed by atoms with van der Waals surface area (Å²) >= 11 is 0. The van der Waals surface area contributed by atoms with Gasteiger partial charge in [0.15, 0.2) is 0 Å². The maximum Gasteiger partial charge on any atom is 0.225 e. The van der Waals surface area contributed by atoms with Gasteiger partial charge in [-0.2, -0.15) is 0 Å². The molecule has 1 atom stereocenters. The van der Waals surface area contributed by atoms with Crippen LogP contribution in [0.1, 0.15) is 50.5 Å². The first kappa shape index (κ1) is 15.9. The molecule has 1 saturated heterocycles. The van der Waals surface area contributed by atoms with Crippen molar-refractivity contribution in [3.05, 3.63) is 18.0 Å². The molecule has 1 aliphatic heterocycles. The van der Waals surface area contributed by atoms with E-state index in [4.69, 9.17) is 0 Å². The van der Waals surface area contributed by atoms with Crippen LogP contribution in [0.25, 0.3) is 0 Å². The summed E-state index contributed by atoms with van der Waals surface area (Å²) in [5.74, 6) is 2.17. The van der Waals surface area contributed by atoms with E-state index < -0.39 is 0 Å². The van der Waals surface area contributed by atoms with Crippen molar-refractivity contribution in [2.24, 2.45) is 17.3 Å². The number of nitrogens with one attached hydrogen (secondary N) is 1. The number of aromatic nitrogens is 2. The van der Waals surface area contributed by atoms with E-state index in [0.717, 1.165) is 62.7 Å². The molecule has 2 heterocycles. The van der Waals surface area contributed by atoms with E-state index in [9.17, 15) is 4.79 Å². The van der Waals surface area contributed by atoms with Crippen LogP contribution in [0.3, 0.4) is 0 Å². The Balaban J connectivity index is 1.30. The quantitative estimate of drug-likeness (QED) is 0.923. The van der Waals surface area contributed by atoms with E-state index in [1.165, 1.54) is 19.3 Å². The second-order valence-electron chi connectivity index (χ2n) is 8.18. The number of carbonyl (C=O) groups is 1. The molecule has 5 heteroatoms. The van der Waals surface area contributed by atoms with Crippen molar-refractivity contribution >= 4 is 11.9 Å². The third-order valence-electron chi connectivity index (χ3n) is 6.21. The van der Waals surface area contributed by atoms with Gasteiger partial charge in [0.05, 0.1) is 0 Å². The molecule has 2 saturated carbocycles. The molecule has 1 N–H and O–H groups in total. The van der Waals surface area contributed by atoms with Crippen LogP contribution in [0, 0.1) is 24.2 Å². The normalized spacial score (nSPS) is 25.9. The molecule has 1 amide bonds. The van der Waals surface area contributed by atoms with Crippen LogP contribution in [0.5, 0.6) is 0 Å². The third kappa shape index (κ3) is 3.40. The second-order valence-corrected chi connectivity index (χ2v) is 8.18. The number of hydrogen-bond acceptors (Lipinski definition) is 4. The first-order valence-corrected chi connectivity index (χ1v) is 9.45. The number of piperidine rings is 1. The predicted molar refractivity (Wildman–Crippen MR) is 93.7 cm³/mol. The summed E-state index contributed by atoms with van der Waals surface area (Å²) in [5.41, 5.74) is 1.48. The second kappa shape index (κ2) is 6.34. The summed E-state index contributed by atoms with van der Waals surface area (Å²) in [7, 11) is 0. The van der Waals surface area contributed by atoms with Crippen LogP contribution in [0.4, 0.5) is 5.95 Å². The highest BCUT2D eigenvalue weighted by molar-refractivity contribution is 5.79. The van der Waals surface area contributed by atoms with Gasteiger partial charge in [0.2, 0.25) is 11.9 Å². The molecule has 24 heavy (non-hydrogen) atoms. The fourth-order valence-corrected chi connectivity index (χ4v) is 4.33. The zero-order chi connectivity index (χ0) is 16.6. The zero-order valence-electron chi connectivity index (χ0n) is 14.6. The highest BCUT2D eigenvalue weighted by Crippen LogP contribution is 2.49. The lowest BCUT2D eigenvalue weighted by Gasteiger charge is -2.39. The van der Waals surface area contributed by atoms with E-state index in [1.807, 2.05) is 19.3 Å². The fraction of sp³-hybridized carbons (Fsp3) is 0.737. The Morgan fingerprint density at radius 1 is 1.21 bits per heavy atom. The number of aryl methyl sites for hydroxylation is 1. The molecule has 0 radical (unpaired) electrons. The molecule has 130 valence electrons. The van der Waals surface area contributed by atoms with E-state index in [1.54, 1.807) is 0 Å². The molecule has 1 aromatic rings. The lowest BCUT2D eigenvalue weighted by molar-refractivity contribution is -0.125. The number of rotatable bonds is 4. The van der Waals surface area contributed by atoms with E-state index in [2.05, 4.69) is 20.2 Å². The standard InChI is InChI=1S/C19H28N4O/c1-14-11-21-18(22-12-14)23-8-6-19(7-9-23)5-4-16(10-19)17(24)20-13-15-2-3-15/h11-12,15-16H,2-10,13H2,1H3,(H,20,24)/t16-/m0/s1. The Kier molecular flexibility index (Phi) is 4.19. The highest BCUT2D eigenvalue weighted by atomic mass is 16.1. The van der Waals surface area contributed by atoms with Crippen molar-refractivity contribution in [1.29, 1.82) is 0 Å². The minimum Gasteiger partial charge on any atom is -0.356 e. The van der Waals surface area contributed by atoms with Gasteiger partial charge in [-0.05, 0) is 68.8 Å². The smallest absolute Gasteiger partial charge is 0.225 e. The van der Waals surface area contributed by atoms with Gasteiger partial charge in [0.25, 0.3) is 0 Å². The minimum absolute atomic E-state index is 0.242. The summed E-state index contributed by atoms with van der Waals surface area (Å²) in [6.07, 6.45) is 12.1. The maximum absolute atomic E-state index is 12.4. The summed E-state index contributed by atoms with van der Waals surface area (Å²) in [6.45, 7) is 4.95. The van der Waals surface area contributed by atoms with E-state index >= 15 is 0 Å². The third-order valence-corrected chi connectivity index (χ3v) is 6.21. The Bertz CT molecular complexity index is 588. The number of carbonyl (C=O) groups excluding carboxylic acids is 1. The van der Waals surface area contributed by atoms with Crippen LogP contribution in [-0.2, 0) is 4.79 Å². The molecular formula is C19H28N4O. The van der Waals surface area contributed by atoms with Gasteiger partial charge in [0, 0.05) is 37.9 Å². The van der Waals surface area contributed by atoms with Crippen molar-refractivity contribution in [3.8, 4) is 0 Å². The van der Waals surface area contributed by atoms with Crippen LogP contribution in [0.15, 0.2) is 12.4 Å². The first-order valence-electron chi connectivity index (χ1n) is 9.45. The first-order chi connectivity index (χ1) is 11.6. The van der Waals surface area contributed by atoms with Gasteiger partial charge in [-0.15, -0.1) is 0 Å². The molecule has 5 nitrogen and oxygen atoms in total. The van der Waals surface area contributed by atoms with Gasteiger partial charge < -0.3 is 10.2 Å². The number of amides is 1. The van der Waals surface area contributed by atoms with Gasteiger partial charge in [-0.3, -0.25) is 4.79 Å². The molecule has 2 aliphatic carbocycles. The average molecular weight is 328 g/mol. The van der Waals surface area contributed by atoms with Crippen molar-refractivity contribution < 1.29 is 4.79 Å². The maximum atomic E-state index is 12.4. The summed E-state index contributed by atoms with van der Waals surface area (Å²) in [5, 5.41) is 3.18. The van der Waals surface area contributed by atoms with Crippen LogP contribution >= 0.6 is 0 Å². The molecule has 3 aliphatic rings. The van der Waals surface area contributed by atoms with Crippen molar-refractivity contribution in [1.82, 2.24) is 15.3 Å². The van der Waals surface area contributed by atoms with Crippen molar-refractivity contribution in [3.63, 3.8) is 0 Å². The SMILES string of the molecule is Cc1cnc(N2CCC3(CC[C@H](C(=O)NCC4CC4)C3)CC2)nc1. The summed E-state index contributed by atoms with van der Waals surface area (Å²) in [6, 6.07) is 0. The predicted octanol–water partition coefficient (Wildman–Crippen LogP) is 2.70. The monoisotopic (exact) mass is 328 g/mol. The summed E-state index contributed by atoms with van der Waals surface area (Å²) in [4.78, 5) is 23.6. The molecule has 4 rings (SSSR count). The number of nitrogens with zero attached hydrogens (tertiary/aromatic N) is 3. The van der Waals surface area contributed by atoms with E-state index in [-0.39, 0.29) is 5.92 Å². The fourth-order valence-electron chi connectivity index (χ4n) is 4.33. The van der Waals surface area contributed by atoms with Gasteiger partial charge in [0.1, 0.15) is 0 Å². The topological polar surface area (TPSA) is 58.1 Å². The van der Waals surface area contributed by atoms with Crippen molar-refractivity contribution in [2.75, 3.05) is 24.5 Å². The molecule has 0 unspecified atom stereocenters. The molecule has 1 spiro atoms. The number of hydrogen-bond donors (Lipinski definition) is 1. The molecule has 0 aromatic carbocycles. The Morgan fingerprint density at radius 2 is 1.92 bits per heavy atom. The van der Waals surface area contributed by atoms with Crippen LogP contribution in [-0.4, -0.2) is 35.5 Å². The average Bonchev–Trinajstić information content (AvgIpc) is 3.35. The van der Waals surface area contributed by atoms with Gasteiger partial charge in [-0.1, -0.05) is 0 Å². The largest absolute Gasteiger partial charge is 0.356 e. The van der Waals surface area contributed by atoms with Gasteiger partial charge >= 0.3 is 0 Å². The molecular weight excluding hydrogens is 300 g/mol. The molecule has 3 fully saturated rings. The molecule has 1 aromatic heterocycles. The van der Waals surface area contributed by atoms with Crippen LogP contribution in [0.2, 0.25) is 0 Å². The lowest BCUT2D eigenvalue weighted by atomic mass is 9.76. The lowest BCUT2D eigenvalue weighted by Crippen LogP contribution is -2.40. The van der Waals surface area contributed by atoms with E-state index in [0.29, 0.717) is 11.3 Å². The van der Waals surface area contributed by atoms with Crippen LogP contribution < -0.4 is 10.2 Å². The molecule has 0 bridgehead atoms. The Hall–Kier alpha value is -1.65. The Labute approximate surface area is 144 Å². The highest BCUT2D eigenvalue weighted by Gasteiger charge is 2.43. The zero-order valence-corrected chi connectivity index (χ0v) is 14.6. The minimum atomic E-state index is 0.242. The number of anilines is 1.